The molecule has 2 saturated carbocycles. The third-order valence-electron chi connectivity index (χ3n) is 4.50. The maximum Gasteiger partial charge on any atom is 0.236 e. The number of amides is 1. The summed E-state index contributed by atoms with van der Waals surface area (Å²) >= 11 is 1.56. The van der Waals surface area contributed by atoms with E-state index in [2.05, 4.69) is 14.8 Å². The number of hydrogen-bond acceptors (Lipinski definition) is 5. The van der Waals surface area contributed by atoms with E-state index < -0.39 is 0 Å². The Morgan fingerprint density at radius 3 is 2.59 bits per heavy atom. The van der Waals surface area contributed by atoms with Gasteiger partial charge in [0.1, 0.15) is 5.82 Å². The second kappa shape index (κ2) is 5.85. The van der Waals surface area contributed by atoms with E-state index >= 15 is 0 Å². The van der Waals surface area contributed by atoms with Gasteiger partial charge in [0.25, 0.3) is 0 Å². The highest BCUT2D eigenvalue weighted by Gasteiger charge is 2.37. The summed E-state index contributed by atoms with van der Waals surface area (Å²) in [4.78, 5) is 14.4. The summed E-state index contributed by atoms with van der Waals surface area (Å²) in [6.07, 6.45) is 4.91. The fourth-order valence-electron chi connectivity index (χ4n) is 2.91. The third kappa shape index (κ3) is 2.88. The van der Waals surface area contributed by atoms with Crippen LogP contribution in [0.4, 0.5) is 0 Å². The van der Waals surface area contributed by atoms with Crippen LogP contribution in [0.1, 0.15) is 50.4 Å². The molecule has 4 rings (SSSR count). The quantitative estimate of drug-likeness (QED) is 0.774. The lowest BCUT2D eigenvalue weighted by atomic mass is 10.3. The zero-order valence-corrected chi connectivity index (χ0v) is 13.7. The van der Waals surface area contributed by atoms with E-state index in [0.717, 1.165) is 11.0 Å². The van der Waals surface area contributed by atoms with E-state index in [4.69, 9.17) is 4.74 Å². The van der Waals surface area contributed by atoms with Gasteiger partial charge in [-0.15, -0.1) is 10.2 Å². The molecule has 0 bridgehead atoms. The summed E-state index contributed by atoms with van der Waals surface area (Å²) in [7, 11) is 0. The van der Waals surface area contributed by atoms with Crippen molar-refractivity contribution < 1.29 is 9.53 Å². The van der Waals surface area contributed by atoms with Crippen molar-refractivity contribution in [3.63, 3.8) is 0 Å². The van der Waals surface area contributed by atoms with Gasteiger partial charge in [0.15, 0.2) is 5.16 Å². The molecule has 22 heavy (non-hydrogen) atoms. The molecule has 1 atom stereocenters. The fraction of sp³-hybridized carbons (Fsp3) is 0.800. The van der Waals surface area contributed by atoms with Crippen molar-refractivity contribution in [3.8, 4) is 0 Å². The highest BCUT2D eigenvalue weighted by atomic mass is 32.2. The lowest BCUT2D eigenvalue weighted by molar-refractivity contribution is -0.134. The maximum atomic E-state index is 12.5. The number of morpholine rings is 1. The molecule has 0 radical (unpaired) electrons. The van der Waals surface area contributed by atoms with E-state index in [1.165, 1.54) is 25.7 Å². The van der Waals surface area contributed by atoms with Crippen LogP contribution < -0.4 is 0 Å². The van der Waals surface area contributed by atoms with Crippen molar-refractivity contribution in [2.45, 2.75) is 55.0 Å². The molecular weight excluding hydrogens is 300 g/mol. The highest BCUT2D eigenvalue weighted by Crippen LogP contribution is 2.46. The average molecular weight is 322 g/mol. The molecular formula is C15H22N4O2S. The molecule has 0 N–H and O–H groups in total. The number of rotatable bonds is 5. The van der Waals surface area contributed by atoms with Crippen LogP contribution in [0.15, 0.2) is 5.16 Å². The number of hydrogen-bond donors (Lipinski definition) is 0. The second-order valence-electron chi connectivity index (χ2n) is 6.41. The minimum atomic E-state index is -0.119. The summed E-state index contributed by atoms with van der Waals surface area (Å²) < 4.78 is 7.63. The number of carbonyl (C=O) groups excluding carboxylic acids is 1. The van der Waals surface area contributed by atoms with Crippen molar-refractivity contribution in [2.24, 2.45) is 0 Å². The lowest BCUT2D eigenvalue weighted by Crippen LogP contribution is -2.44. The van der Waals surface area contributed by atoms with E-state index in [0.29, 0.717) is 38.3 Å². The van der Waals surface area contributed by atoms with Crippen molar-refractivity contribution in [2.75, 3.05) is 26.3 Å². The largest absolute Gasteiger partial charge is 0.378 e. The lowest BCUT2D eigenvalue weighted by Gasteiger charge is -2.28. The molecule has 0 unspecified atom stereocenters. The first-order valence-corrected chi connectivity index (χ1v) is 9.10. The Morgan fingerprint density at radius 2 is 1.95 bits per heavy atom. The van der Waals surface area contributed by atoms with Crippen molar-refractivity contribution in [1.82, 2.24) is 19.7 Å². The zero-order chi connectivity index (χ0) is 15.1. The summed E-state index contributed by atoms with van der Waals surface area (Å²) in [6.45, 7) is 4.67. The molecule has 1 aromatic heterocycles. The molecule has 1 saturated heterocycles. The third-order valence-corrected chi connectivity index (χ3v) is 5.54. The number of nitrogens with zero attached hydrogens (tertiary/aromatic N) is 4. The first kappa shape index (κ1) is 14.5. The van der Waals surface area contributed by atoms with Crippen molar-refractivity contribution in [3.05, 3.63) is 5.82 Å². The molecule has 1 aromatic rings. The normalized spacial score (nSPS) is 23.6. The fourth-order valence-corrected chi connectivity index (χ4v) is 3.92. The average Bonchev–Trinajstić information content (AvgIpc) is 3.46. The Morgan fingerprint density at radius 1 is 1.23 bits per heavy atom. The molecule has 2 aliphatic carbocycles. The summed E-state index contributed by atoms with van der Waals surface area (Å²) in [5.41, 5.74) is 0. The highest BCUT2D eigenvalue weighted by molar-refractivity contribution is 8.00. The van der Waals surface area contributed by atoms with Gasteiger partial charge in [0.2, 0.25) is 5.91 Å². The zero-order valence-electron chi connectivity index (χ0n) is 12.9. The van der Waals surface area contributed by atoms with E-state index in [9.17, 15) is 4.79 Å². The van der Waals surface area contributed by atoms with Crippen LogP contribution in [-0.2, 0) is 9.53 Å². The Labute approximate surface area is 134 Å². The van der Waals surface area contributed by atoms with Gasteiger partial charge in [-0.25, -0.2) is 0 Å². The van der Waals surface area contributed by atoms with Crippen LogP contribution in [0.25, 0.3) is 0 Å². The van der Waals surface area contributed by atoms with Crippen molar-refractivity contribution >= 4 is 17.7 Å². The predicted octanol–water partition coefficient (Wildman–Crippen LogP) is 1.83. The van der Waals surface area contributed by atoms with Crippen LogP contribution in [0, 0.1) is 0 Å². The molecule has 3 aliphatic rings. The van der Waals surface area contributed by atoms with Crippen LogP contribution >= 0.6 is 11.8 Å². The first-order chi connectivity index (χ1) is 10.7. The molecule has 7 heteroatoms. The van der Waals surface area contributed by atoms with Gasteiger partial charge in [0.05, 0.1) is 18.5 Å². The van der Waals surface area contributed by atoms with Gasteiger partial charge < -0.3 is 14.2 Å². The summed E-state index contributed by atoms with van der Waals surface area (Å²) in [6, 6.07) is 0.568. The SMILES string of the molecule is C[C@H](Sc1nnc(C2CC2)n1C1CC1)C(=O)N1CCOCC1. The molecule has 6 nitrogen and oxygen atoms in total. The molecule has 1 aliphatic heterocycles. The van der Waals surface area contributed by atoms with Crippen LogP contribution in [0.5, 0.6) is 0 Å². The predicted molar refractivity (Wildman–Crippen MR) is 83.0 cm³/mol. The number of carbonyl (C=O) groups is 1. The second-order valence-corrected chi connectivity index (χ2v) is 7.72. The van der Waals surface area contributed by atoms with Crippen LogP contribution in [-0.4, -0.2) is 57.1 Å². The Balaban J connectivity index is 1.47. The summed E-state index contributed by atoms with van der Waals surface area (Å²) in [5.74, 6) is 1.94. The number of thioether (sulfide) groups is 1. The van der Waals surface area contributed by atoms with Gasteiger partial charge in [-0.2, -0.15) is 0 Å². The van der Waals surface area contributed by atoms with Crippen LogP contribution in [0.2, 0.25) is 0 Å². The molecule has 120 valence electrons. The van der Waals surface area contributed by atoms with E-state index in [-0.39, 0.29) is 11.2 Å². The monoisotopic (exact) mass is 322 g/mol. The van der Waals surface area contributed by atoms with Gasteiger partial charge in [-0.3, -0.25) is 4.79 Å². The molecule has 3 fully saturated rings. The minimum absolute atomic E-state index is 0.119. The first-order valence-electron chi connectivity index (χ1n) is 8.22. The number of aromatic nitrogens is 3. The van der Waals surface area contributed by atoms with Crippen LogP contribution in [0.3, 0.4) is 0 Å². The molecule has 0 spiro atoms. The maximum absolute atomic E-state index is 12.5. The van der Waals surface area contributed by atoms with Crippen molar-refractivity contribution in [1.29, 1.82) is 0 Å². The van der Waals surface area contributed by atoms with Gasteiger partial charge >= 0.3 is 0 Å². The topological polar surface area (TPSA) is 60.2 Å². The molecule has 0 aromatic carbocycles. The molecule has 2 heterocycles. The molecule has 1 amide bonds. The Kier molecular flexibility index (Phi) is 3.86. The summed E-state index contributed by atoms with van der Waals surface area (Å²) in [5, 5.41) is 9.61. The smallest absolute Gasteiger partial charge is 0.236 e. The Hall–Kier alpha value is -1.08. The minimum Gasteiger partial charge on any atom is -0.378 e. The van der Waals surface area contributed by atoms with E-state index in [1.807, 2.05) is 11.8 Å². The van der Waals surface area contributed by atoms with Gasteiger partial charge in [-0.05, 0) is 32.6 Å². The number of ether oxygens (including phenoxy) is 1. The van der Waals surface area contributed by atoms with E-state index in [1.54, 1.807) is 11.8 Å². The van der Waals surface area contributed by atoms with Gasteiger partial charge in [0, 0.05) is 25.0 Å². The standard InChI is InChI=1S/C15H22N4O2S/c1-10(14(20)18-6-8-21-9-7-18)22-15-17-16-13(11-2-3-11)19(15)12-4-5-12/h10-12H,2-9H2,1H3/t10-/m0/s1. The van der Waals surface area contributed by atoms with Gasteiger partial charge in [-0.1, -0.05) is 11.8 Å². The Bertz CT molecular complexity index is 562.